The number of carbonyl (C=O) groups is 1. The number of carbonyl (C=O) groups excluding carboxylic acids is 1. The highest BCUT2D eigenvalue weighted by molar-refractivity contribution is 7.99. The molecule has 0 fully saturated rings. The highest BCUT2D eigenvalue weighted by Crippen LogP contribution is 2.22. The largest absolute Gasteiger partial charge is 0.360 e. The minimum atomic E-state index is -0.168. The molecule has 3 aromatic rings. The lowest BCUT2D eigenvalue weighted by molar-refractivity contribution is -0.113. The number of nitrogens with one attached hydrogen (secondary N) is 1. The molecule has 0 atom stereocenters. The predicted octanol–water partition coefficient (Wildman–Crippen LogP) is 3.79. The third-order valence-electron chi connectivity index (χ3n) is 3.69. The van der Waals surface area contributed by atoms with Crippen LogP contribution in [0.1, 0.15) is 16.9 Å². The average Bonchev–Trinajstić information content (AvgIpc) is 3.01. The van der Waals surface area contributed by atoms with E-state index in [2.05, 4.69) is 46.7 Å². The number of nitrogens with zero attached hydrogens (tertiary/aromatic N) is 3. The Hall–Kier alpha value is -2.67. The third kappa shape index (κ3) is 4.45. The zero-order valence-corrected chi connectivity index (χ0v) is 15.1. The fraction of sp³-hybridized carbons (Fsp3) is 0.222. The molecule has 1 aromatic carbocycles. The number of anilines is 1. The first-order chi connectivity index (χ1) is 12.0. The molecule has 1 amide bonds. The number of thioether (sulfide) groups is 1. The van der Waals surface area contributed by atoms with E-state index >= 15 is 0 Å². The van der Waals surface area contributed by atoms with Gasteiger partial charge in [0, 0.05) is 11.6 Å². The van der Waals surface area contributed by atoms with Gasteiger partial charge in [-0.15, -0.1) is 10.2 Å². The van der Waals surface area contributed by atoms with Crippen molar-refractivity contribution in [2.45, 2.75) is 25.8 Å². The number of amides is 1. The van der Waals surface area contributed by atoms with Gasteiger partial charge < -0.3 is 9.84 Å². The van der Waals surface area contributed by atoms with Crippen molar-refractivity contribution < 1.29 is 9.32 Å². The van der Waals surface area contributed by atoms with Crippen LogP contribution in [0.25, 0.3) is 11.3 Å². The van der Waals surface area contributed by atoms with Gasteiger partial charge in [-0.1, -0.05) is 29.1 Å². The summed E-state index contributed by atoms with van der Waals surface area (Å²) in [7, 11) is 0. The van der Waals surface area contributed by atoms with Gasteiger partial charge in [0.2, 0.25) is 5.91 Å². The van der Waals surface area contributed by atoms with E-state index in [-0.39, 0.29) is 11.7 Å². The number of rotatable bonds is 5. The molecule has 1 N–H and O–H groups in total. The highest BCUT2D eigenvalue weighted by atomic mass is 32.2. The molecule has 3 rings (SSSR count). The van der Waals surface area contributed by atoms with Crippen molar-refractivity contribution in [1.29, 1.82) is 0 Å². The Balaban J connectivity index is 1.58. The molecule has 0 spiro atoms. The molecule has 0 aliphatic carbocycles. The van der Waals surface area contributed by atoms with Crippen molar-refractivity contribution in [3.63, 3.8) is 0 Å². The molecule has 2 heterocycles. The lowest BCUT2D eigenvalue weighted by Gasteiger charge is -2.05. The molecule has 0 saturated heterocycles. The lowest BCUT2D eigenvalue weighted by atomic mass is 10.0. The van der Waals surface area contributed by atoms with Crippen LogP contribution in [0.15, 0.2) is 45.9 Å². The molecule has 2 aromatic heterocycles. The fourth-order valence-corrected chi connectivity index (χ4v) is 2.81. The number of hydrogen-bond donors (Lipinski definition) is 1. The van der Waals surface area contributed by atoms with Gasteiger partial charge in [-0.3, -0.25) is 4.79 Å². The van der Waals surface area contributed by atoms with Gasteiger partial charge in [-0.05, 0) is 50.1 Å². The predicted molar refractivity (Wildman–Crippen MR) is 97.5 cm³/mol. The number of aromatic nitrogens is 3. The van der Waals surface area contributed by atoms with Crippen molar-refractivity contribution in [2.75, 3.05) is 11.1 Å². The number of benzene rings is 1. The first kappa shape index (κ1) is 17.2. The summed E-state index contributed by atoms with van der Waals surface area (Å²) in [6.45, 7) is 5.92. The van der Waals surface area contributed by atoms with E-state index in [4.69, 9.17) is 4.52 Å². The summed E-state index contributed by atoms with van der Waals surface area (Å²) in [5.74, 6) is 1.12. The molecule has 0 saturated carbocycles. The molecule has 6 nitrogen and oxygen atoms in total. The summed E-state index contributed by atoms with van der Waals surface area (Å²) < 4.78 is 4.91. The average molecular weight is 354 g/mol. The lowest BCUT2D eigenvalue weighted by Crippen LogP contribution is -2.14. The number of aryl methyl sites for hydroxylation is 3. The molecule has 0 aliphatic rings. The van der Waals surface area contributed by atoms with Gasteiger partial charge in [-0.25, -0.2) is 0 Å². The SMILES string of the molecule is Cc1cc(NC(=O)CSc2ccc(-c3ccc(C)c(C)c3)nn2)no1. The summed E-state index contributed by atoms with van der Waals surface area (Å²) >= 11 is 1.32. The van der Waals surface area contributed by atoms with E-state index in [1.807, 2.05) is 18.2 Å². The van der Waals surface area contributed by atoms with Crippen LogP contribution in [0.5, 0.6) is 0 Å². The molecule has 0 radical (unpaired) electrons. The van der Waals surface area contributed by atoms with Crippen LogP contribution < -0.4 is 5.32 Å². The van der Waals surface area contributed by atoms with Crippen LogP contribution in [0.4, 0.5) is 5.82 Å². The summed E-state index contributed by atoms with van der Waals surface area (Å²) in [6, 6.07) is 11.7. The standard InChI is InChI=1S/C18H18N4O2S/c1-11-4-5-14(8-12(11)2)15-6-7-18(21-20-15)25-10-17(23)19-16-9-13(3)24-22-16/h4-9H,10H2,1-3H3,(H,19,22,23). The first-order valence-corrected chi connectivity index (χ1v) is 8.77. The topological polar surface area (TPSA) is 80.9 Å². The maximum absolute atomic E-state index is 11.9. The van der Waals surface area contributed by atoms with E-state index in [1.54, 1.807) is 13.0 Å². The van der Waals surface area contributed by atoms with Crippen LogP contribution in [-0.2, 0) is 4.79 Å². The van der Waals surface area contributed by atoms with Crippen molar-refractivity contribution in [2.24, 2.45) is 0 Å². The molecule has 7 heteroatoms. The zero-order chi connectivity index (χ0) is 17.8. The molecule has 128 valence electrons. The Bertz CT molecular complexity index is 890. The fourth-order valence-electron chi connectivity index (χ4n) is 2.20. The van der Waals surface area contributed by atoms with Crippen LogP contribution in [-0.4, -0.2) is 27.0 Å². The first-order valence-electron chi connectivity index (χ1n) is 7.78. The molecule has 0 bridgehead atoms. The van der Waals surface area contributed by atoms with Gasteiger partial charge >= 0.3 is 0 Å². The Morgan fingerprint density at radius 3 is 2.56 bits per heavy atom. The van der Waals surface area contributed by atoms with Crippen molar-refractivity contribution in [1.82, 2.24) is 15.4 Å². The van der Waals surface area contributed by atoms with Crippen molar-refractivity contribution in [3.05, 3.63) is 53.3 Å². The second-order valence-electron chi connectivity index (χ2n) is 5.72. The summed E-state index contributed by atoms with van der Waals surface area (Å²) in [6.07, 6.45) is 0. The number of hydrogen-bond acceptors (Lipinski definition) is 6. The maximum atomic E-state index is 11.9. The smallest absolute Gasteiger partial charge is 0.236 e. The molecule has 0 unspecified atom stereocenters. The minimum absolute atomic E-state index is 0.168. The maximum Gasteiger partial charge on any atom is 0.236 e. The normalized spacial score (nSPS) is 10.7. The van der Waals surface area contributed by atoms with E-state index in [0.29, 0.717) is 16.6 Å². The van der Waals surface area contributed by atoms with Gasteiger partial charge in [0.15, 0.2) is 5.82 Å². The Morgan fingerprint density at radius 1 is 1.08 bits per heavy atom. The van der Waals surface area contributed by atoms with Crippen molar-refractivity contribution >= 4 is 23.5 Å². The zero-order valence-electron chi connectivity index (χ0n) is 14.2. The van der Waals surface area contributed by atoms with E-state index in [9.17, 15) is 4.79 Å². The molecular formula is C18H18N4O2S. The second-order valence-corrected chi connectivity index (χ2v) is 6.71. The van der Waals surface area contributed by atoms with Gasteiger partial charge in [0.05, 0.1) is 11.4 Å². The van der Waals surface area contributed by atoms with Gasteiger partial charge in [0.25, 0.3) is 0 Å². The summed E-state index contributed by atoms with van der Waals surface area (Å²) in [5.41, 5.74) is 4.32. The Kier molecular flexibility index (Phi) is 5.14. The Labute approximate surface area is 150 Å². The van der Waals surface area contributed by atoms with E-state index in [1.165, 1.54) is 22.9 Å². The molecule has 0 aliphatic heterocycles. The third-order valence-corrected chi connectivity index (χ3v) is 4.61. The van der Waals surface area contributed by atoms with Crippen LogP contribution in [0, 0.1) is 20.8 Å². The van der Waals surface area contributed by atoms with Crippen molar-refractivity contribution in [3.8, 4) is 11.3 Å². The Morgan fingerprint density at radius 2 is 1.92 bits per heavy atom. The molecule has 25 heavy (non-hydrogen) atoms. The monoisotopic (exact) mass is 354 g/mol. The van der Waals surface area contributed by atoms with Crippen LogP contribution in [0.2, 0.25) is 0 Å². The van der Waals surface area contributed by atoms with Gasteiger partial charge in [0.1, 0.15) is 10.8 Å². The van der Waals surface area contributed by atoms with Crippen LogP contribution >= 0.6 is 11.8 Å². The van der Waals surface area contributed by atoms with E-state index in [0.717, 1.165) is 11.3 Å². The minimum Gasteiger partial charge on any atom is -0.360 e. The van der Waals surface area contributed by atoms with E-state index < -0.39 is 0 Å². The molecular weight excluding hydrogens is 336 g/mol. The summed E-state index contributed by atoms with van der Waals surface area (Å²) in [5, 5.41) is 15.5. The highest BCUT2D eigenvalue weighted by Gasteiger charge is 2.08. The van der Waals surface area contributed by atoms with Gasteiger partial charge in [-0.2, -0.15) is 0 Å². The van der Waals surface area contributed by atoms with Crippen LogP contribution in [0.3, 0.4) is 0 Å². The second kappa shape index (κ2) is 7.48. The quantitative estimate of drug-likeness (QED) is 0.702. The summed E-state index contributed by atoms with van der Waals surface area (Å²) in [4.78, 5) is 11.9.